The Bertz CT molecular complexity index is 2060. The summed E-state index contributed by atoms with van der Waals surface area (Å²) in [5.41, 5.74) is 8.33. The van der Waals surface area contributed by atoms with Crippen molar-refractivity contribution in [2.75, 3.05) is 0 Å². The minimum Gasteiger partial charge on any atom is -0.456 e. The molecule has 0 N–H and O–H groups in total. The minimum absolute atomic E-state index is 0.910. The van der Waals surface area contributed by atoms with Crippen molar-refractivity contribution in [1.82, 2.24) is 14.1 Å². The molecule has 0 spiro atoms. The summed E-state index contributed by atoms with van der Waals surface area (Å²) in [5.74, 6) is 0. The summed E-state index contributed by atoms with van der Waals surface area (Å²) in [6.07, 6.45) is 1.92. The molecule has 35 heavy (non-hydrogen) atoms. The fraction of sp³-hybridized carbons (Fsp3) is 0. The lowest BCUT2D eigenvalue weighted by atomic mass is 10.1. The smallest absolute Gasteiger partial charge is 0.136 e. The van der Waals surface area contributed by atoms with Crippen LogP contribution in [0.15, 0.2) is 120 Å². The van der Waals surface area contributed by atoms with Crippen LogP contribution >= 0.6 is 0 Å². The average Bonchev–Trinajstić information content (AvgIpc) is 3.59. The summed E-state index contributed by atoms with van der Waals surface area (Å²) in [6.45, 7) is 0. The Labute approximate surface area is 200 Å². The van der Waals surface area contributed by atoms with Gasteiger partial charge in [0.15, 0.2) is 0 Å². The molecule has 0 fully saturated rings. The molecule has 0 bridgehead atoms. The number of furan rings is 1. The fourth-order valence-corrected chi connectivity index (χ4v) is 5.44. The first-order valence-electron chi connectivity index (χ1n) is 11.7. The zero-order valence-electron chi connectivity index (χ0n) is 18.7. The van der Waals surface area contributed by atoms with E-state index in [2.05, 4.69) is 100 Å². The van der Waals surface area contributed by atoms with E-state index in [9.17, 15) is 0 Å². The highest BCUT2D eigenvalue weighted by molar-refractivity contribution is 6.17. The molecular formula is C31H19N3O. The van der Waals surface area contributed by atoms with Gasteiger partial charge in [0.1, 0.15) is 23.0 Å². The molecule has 164 valence electrons. The van der Waals surface area contributed by atoms with Crippen molar-refractivity contribution < 1.29 is 4.42 Å². The molecule has 4 nitrogen and oxygen atoms in total. The van der Waals surface area contributed by atoms with E-state index in [1.54, 1.807) is 0 Å². The molecule has 0 saturated carbocycles. The van der Waals surface area contributed by atoms with Crippen molar-refractivity contribution >= 4 is 54.8 Å². The summed E-state index contributed by atoms with van der Waals surface area (Å²) in [7, 11) is 0. The van der Waals surface area contributed by atoms with Gasteiger partial charge in [-0.1, -0.05) is 60.7 Å². The van der Waals surface area contributed by atoms with Crippen molar-refractivity contribution in [1.29, 1.82) is 0 Å². The van der Waals surface area contributed by atoms with Gasteiger partial charge in [-0.3, -0.25) is 4.57 Å². The number of aromatic nitrogens is 3. The number of hydrogen-bond donors (Lipinski definition) is 0. The number of benzene rings is 5. The first-order chi connectivity index (χ1) is 17.4. The summed E-state index contributed by atoms with van der Waals surface area (Å²) in [4.78, 5) is 4.89. The number of rotatable bonds is 2. The molecule has 8 aromatic rings. The average molecular weight is 450 g/mol. The molecule has 0 saturated heterocycles. The second-order valence-corrected chi connectivity index (χ2v) is 8.91. The van der Waals surface area contributed by atoms with Gasteiger partial charge in [0.05, 0.1) is 22.2 Å². The normalized spacial score (nSPS) is 12.0. The van der Waals surface area contributed by atoms with E-state index in [1.165, 1.54) is 10.8 Å². The summed E-state index contributed by atoms with van der Waals surface area (Å²) in [5, 5.41) is 4.63. The van der Waals surface area contributed by atoms with Gasteiger partial charge in [0, 0.05) is 27.2 Å². The predicted octanol–water partition coefficient (Wildman–Crippen LogP) is 8.02. The molecule has 0 atom stereocenters. The second-order valence-electron chi connectivity index (χ2n) is 8.91. The standard InChI is InChI=1S/C31H19N3O/c1-2-9-20(10-3-1)33-19-32-31-26(33)14-8-15-27(31)34-25-13-6-4-11-21(25)23-18-30-24(17-28(23)34)22-12-5-7-16-29(22)35-30/h1-19H. The number of imidazole rings is 1. The molecule has 0 radical (unpaired) electrons. The lowest BCUT2D eigenvalue weighted by Crippen LogP contribution is -1.96. The minimum atomic E-state index is 0.910. The monoisotopic (exact) mass is 449 g/mol. The van der Waals surface area contributed by atoms with E-state index >= 15 is 0 Å². The third-order valence-corrected chi connectivity index (χ3v) is 7.00. The molecule has 0 unspecified atom stereocenters. The van der Waals surface area contributed by atoms with E-state index in [0.29, 0.717) is 0 Å². The topological polar surface area (TPSA) is 35.9 Å². The van der Waals surface area contributed by atoms with Crippen LogP contribution in [0, 0.1) is 0 Å². The Morgan fingerprint density at radius 1 is 0.543 bits per heavy atom. The van der Waals surface area contributed by atoms with Gasteiger partial charge in [-0.05, 0) is 48.5 Å². The SMILES string of the molecule is c1ccc(-n2cnc3c(-n4c5ccccc5c5cc6oc7ccccc7c6cc54)cccc32)cc1. The Hall–Kier alpha value is -4.83. The molecule has 3 aromatic heterocycles. The van der Waals surface area contributed by atoms with Crippen LogP contribution in [0.4, 0.5) is 0 Å². The highest BCUT2D eigenvalue weighted by Gasteiger charge is 2.18. The van der Waals surface area contributed by atoms with Crippen LogP contribution in [0.25, 0.3) is 66.2 Å². The van der Waals surface area contributed by atoms with E-state index < -0.39 is 0 Å². The maximum Gasteiger partial charge on any atom is 0.136 e. The van der Waals surface area contributed by atoms with Crippen molar-refractivity contribution in [3.63, 3.8) is 0 Å². The Morgan fingerprint density at radius 2 is 1.31 bits per heavy atom. The van der Waals surface area contributed by atoms with E-state index in [1.807, 2.05) is 24.5 Å². The molecular weight excluding hydrogens is 430 g/mol. The Morgan fingerprint density at radius 3 is 2.23 bits per heavy atom. The fourth-order valence-electron chi connectivity index (χ4n) is 5.44. The highest BCUT2D eigenvalue weighted by Crippen LogP contribution is 2.39. The summed E-state index contributed by atoms with van der Waals surface area (Å²) >= 11 is 0. The molecule has 0 amide bonds. The molecule has 0 aliphatic heterocycles. The van der Waals surface area contributed by atoms with E-state index in [0.717, 1.165) is 55.4 Å². The van der Waals surface area contributed by atoms with Crippen molar-refractivity contribution in [3.8, 4) is 11.4 Å². The number of para-hydroxylation sites is 4. The summed E-state index contributed by atoms with van der Waals surface area (Å²) < 4.78 is 10.7. The first-order valence-corrected chi connectivity index (χ1v) is 11.7. The van der Waals surface area contributed by atoms with Crippen LogP contribution in [-0.4, -0.2) is 14.1 Å². The zero-order valence-corrected chi connectivity index (χ0v) is 18.7. The number of nitrogens with zero attached hydrogens (tertiary/aromatic N) is 3. The lowest BCUT2D eigenvalue weighted by Gasteiger charge is -2.10. The number of hydrogen-bond acceptors (Lipinski definition) is 2. The van der Waals surface area contributed by atoms with Crippen molar-refractivity contribution in [2.45, 2.75) is 0 Å². The van der Waals surface area contributed by atoms with Crippen molar-refractivity contribution in [3.05, 3.63) is 116 Å². The van der Waals surface area contributed by atoms with Gasteiger partial charge in [0.25, 0.3) is 0 Å². The third-order valence-electron chi connectivity index (χ3n) is 7.00. The molecule has 5 aromatic carbocycles. The predicted molar refractivity (Wildman–Crippen MR) is 143 cm³/mol. The Balaban J connectivity index is 1.50. The van der Waals surface area contributed by atoms with E-state index in [4.69, 9.17) is 9.40 Å². The molecule has 8 rings (SSSR count). The molecule has 0 aliphatic carbocycles. The van der Waals surface area contributed by atoms with Crippen molar-refractivity contribution in [2.24, 2.45) is 0 Å². The largest absolute Gasteiger partial charge is 0.456 e. The number of fused-ring (bicyclic) bond motifs is 7. The maximum atomic E-state index is 6.22. The van der Waals surface area contributed by atoms with Crippen LogP contribution in [-0.2, 0) is 0 Å². The third kappa shape index (κ3) is 2.53. The lowest BCUT2D eigenvalue weighted by molar-refractivity contribution is 0.669. The first kappa shape index (κ1) is 18.6. The van der Waals surface area contributed by atoms with Gasteiger partial charge < -0.3 is 8.98 Å². The summed E-state index contributed by atoms with van der Waals surface area (Å²) in [6, 6.07) is 38.0. The van der Waals surface area contributed by atoms with Crippen LogP contribution < -0.4 is 0 Å². The maximum absolute atomic E-state index is 6.22. The van der Waals surface area contributed by atoms with Gasteiger partial charge in [-0.2, -0.15) is 0 Å². The van der Waals surface area contributed by atoms with Crippen LogP contribution in [0.2, 0.25) is 0 Å². The van der Waals surface area contributed by atoms with Gasteiger partial charge in [-0.15, -0.1) is 0 Å². The van der Waals surface area contributed by atoms with Gasteiger partial charge >= 0.3 is 0 Å². The van der Waals surface area contributed by atoms with Gasteiger partial charge in [-0.25, -0.2) is 4.98 Å². The van der Waals surface area contributed by atoms with Crippen LogP contribution in [0.3, 0.4) is 0 Å². The Kier molecular flexibility index (Phi) is 3.63. The second kappa shape index (κ2) is 6.84. The highest BCUT2D eigenvalue weighted by atomic mass is 16.3. The van der Waals surface area contributed by atoms with E-state index in [-0.39, 0.29) is 0 Å². The van der Waals surface area contributed by atoms with Gasteiger partial charge in [0.2, 0.25) is 0 Å². The quantitative estimate of drug-likeness (QED) is 0.268. The molecule has 0 aliphatic rings. The molecule has 4 heteroatoms. The zero-order chi connectivity index (χ0) is 22.9. The van der Waals surface area contributed by atoms with Crippen LogP contribution in [0.5, 0.6) is 0 Å². The molecule has 3 heterocycles. The van der Waals surface area contributed by atoms with Crippen LogP contribution in [0.1, 0.15) is 0 Å².